The molecule has 0 spiro atoms. The Balaban J connectivity index is 1.43. The number of carbonyl (C=O) groups excluding carboxylic acids is 1. The van der Waals surface area contributed by atoms with E-state index in [9.17, 15) is 4.79 Å². The van der Waals surface area contributed by atoms with Crippen molar-refractivity contribution in [1.82, 2.24) is 0 Å². The van der Waals surface area contributed by atoms with Gasteiger partial charge in [-0.3, -0.25) is 4.79 Å². The standard InChI is InChI=1S/C29H49FO2/c1-18(8-13-25(31)32-27(3,4)5)21-11-12-22-20-9-10-24-26(30)19(2)14-16-29(24,7)23(20)15-17-28(21,22)6/h18-24,26H,8-17H2,1-7H3/t18-,19?,20+,21?,22+,23+,24-,26+,28-,29?/m1/s1. The first-order valence-corrected chi connectivity index (χ1v) is 13.7. The summed E-state index contributed by atoms with van der Waals surface area (Å²) in [6, 6.07) is 0. The maximum Gasteiger partial charge on any atom is 0.306 e. The van der Waals surface area contributed by atoms with Gasteiger partial charge in [0.05, 0.1) is 0 Å². The van der Waals surface area contributed by atoms with Crippen molar-refractivity contribution < 1.29 is 13.9 Å². The second-order valence-electron chi connectivity index (χ2n) is 13.9. The van der Waals surface area contributed by atoms with Gasteiger partial charge in [0.2, 0.25) is 0 Å². The van der Waals surface area contributed by atoms with Crippen LogP contribution in [-0.4, -0.2) is 17.7 Å². The van der Waals surface area contributed by atoms with Crippen LogP contribution < -0.4 is 0 Å². The van der Waals surface area contributed by atoms with E-state index in [4.69, 9.17) is 4.74 Å². The fourth-order valence-electron chi connectivity index (χ4n) is 9.39. The van der Waals surface area contributed by atoms with Crippen LogP contribution in [0.25, 0.3) is 0 Å². The highest BCUT2D eigenvalue weighted by Crippen LogP contribution is 2.68. The van der Waals surface area contributed by atoms with Crippen LogP contribution in [0.3, 0.4) is 0 Å². The molecule has 4 saturated carbocycles. The van der Waals surface area contributed by atoms with E-state index in [1.54, 1.807) is 0 Å². The molecule has 0 radical (unpaired) electrons. The minimum absolute atomic E-state index is 0.0497. The Morgan fingerprint density at radius 2 is 1.59 bits per heavy atom. The van der Waals surface area contributed by atoms with Gasteiger partial charge in [-0.15, -0.1) is 0 Å². The minimum atomic E-state index is -0.591. The first-order valence-electron chi connectivity index (χ1n) is 13.7. The Morgan fingerprint density at radius 1 is 0.969 bits per heavy atom. The van der Waals surface area contributed by atoms with Crippen molar-refractivity contribution in [1.29, 1.82) is 0 Å². The largest absolute Gasteiger partial charge is 0.460 e. The zero-order valence-electron chi connectivity index (χ0n) is 21.9. The molecule has 3 heteroatoms. The summed E-state index contributed by atoms with van der Waals surface area (Å²) in [5.41, 5.74) is 0.221. The molecule has 0 amide bonds. The second kappa shape index (κ2) is 8.56. The van der Waals surface area contributed by atoms with Crippen molar-refractivity contribution in [2.75, 3.05) is 0 Å². The summed E-state index contributed by atoms with van der Waals surface area (Å²) in [5.74, 6) is 4.08. The summed E-state index contributed by atoms with van der Waals surface area (Å²) >= 11 is 0. The van der Waals surface area contributed by atoms with Crippen molar-refractivity contribution in [2.45, 2.75) is 124 Å². The van der Waals surface area contributed by atoms with E-state index in [1.807, 2.05) is 20.8 Å². The number of rotatable bonds is 4. The Morgan fingerprint density at radius 3 is 2.28 bits per heavy atom. The summed E-state index contributed by atoms with van der Waals surface area (Å²) in [5, 5.41) is 0. The normalized spacial score (nSPS) is 47.2. The first kappa shape index (κ1) is 24.5. The Bertz CT molecular complexity index is 698. The van der Waals surface area contributed by atoms with E-state index in [0.717, 1.165) is 37.0 Å². The lowest BCUT2D eigenvalue weighted by Crippen LogP contribution is -2.56. The summed E-state index contributed by atoms with van der Waals surface area (Å²) in [4.78, 5) is 12.3. The van der Waals surface area contributed by atoms with Crippen LogP contribution in [0.2, 0.25) is 0 Å². The van der Waals surface area contributed by atoms with E-state index in [-0.39, 0.29) is 17.3 Å². The number of ether oxygens (including phenoxy) is 1. The van der Waals surface area contributed by atoms with Crippen LogP contribution in [0.5, 0.6) is 0 Å². The quantitative estimate of drug-likeness (QED) is 0.407. The van der Waals surface area contributed by atoms with E-state index >= 15 is 4.39 Å². The lowest BCUT2D eigenvalue weighted by Gasteiger charge is -2.62. The van der Waals surface area contributed by atoms with Gasteiger partial charge in [0.15, 0.2) is 0 Å². The molecule has 4 aliphatic rings. The van der Waals surface area contributed by atoms with Gasteiger partial charge in [0.1, 0.15) is 11.8 Å². The maximum atomic E-state index is 15.2. The van der Waals surface area contributed by atoms with Crippen LogP contribution in [0, 0.1) is 52.3 Å². The molecule has 4 fully saturated rings. The predicted molar refractivity (Wildman–Crippen MR) is 129 cm³/mol. The first-order chi connectivity index (χ1) is 14.9. The molecule has 4 rings (SSSR count). The highest BCUT2D eigenvalue weighted by molar-refractivity contribution is 5.69. The van der Waals surface area contributed by atoms with Crippen LogP contribution in [-0.2, 0) is 9.53 Å². The molecule has 2 nitrogen and oxygen atoms in total. The fraction of sp³-hybridized carbons (Fsp3) is 0.966. The summed E-state index contributed by atoms with van der Waals surface area (Å²) in [7, 11) is 0. The third-order valence-corrected chi connectivity index (χ3v) is 11.0. The Hall–Kier alpha value is -0.600. The monoisotopic (exact) mass is 448 g/mol. The Kier molecular flexibility index (Phi) is 6.56. The van der Waals surface area contributed by atoms with Gasteiger partial charge in [0.25, 0.3) is 0 Å². The fourth-order valence-corrected chi connectivity index (χ4v) is 9.39. The average Bonchev–Trinajstić information content (AvgIpc) is 3.05. The molecule has 0 aromatic rings. The molecule has 0 saturated heterocycles. The van der Waals surface area contributed by atoms with Crippen LogP contribution >= 0.6 is 0 Å². The number of esters is 1. The van der Waals surface area contributed by atoms with E-state index in [0.29, 0.717) is 29.6 Å². The second-order valence-corrected chi connectivity index (χ2v) is 13.9. The van der Waals surface area contributed by atoms with Gasteiger partial charge >= 0.3 is 5.97 Å². The van der Waals surface area contributed by atoms with E-state index in [2.05, 4.69) is 27.7 Å². The van der Waals surface area contributed by atoms with Crippen LogP contribution in [0.4, 0.5) is 4.39 Å². The molecule has 32 heavy (non-hydrogen) atoms. The summed E-state index contributed by atoms with van der Waals surface area (Å²) in [6.07, 6.45) is 10.8. The van der Waals surface area contributed by atoms with E-state index < -0.39 is 11.8 Å². The van der Waals surface area contributed by atoms with Crippen molar-refractivity contribution in [2.24, 2.45) is 52.3 Å². The van der Waals surface area contributed by atoms with Gasteiger partial charge in [-0.1, -0.05) is 27.7 Å². The third kappa shape index (κ3) is 4.17. The molecule has 3 unspecified atom stereocenters. The molecular formula is C29H49FO2. The topological polar surface area (TPSA) is 26.3 Å². The number of halogens is 1. The SMILES string of the molecule is CC1CCC2(C)[C@H](CC[C@@H]3[C@@H]2CC[C@]2(C)C([C@H](C)CCC(=O)OC(C)(C)C)CC[C@@H]32)[C@H]1F. The molecule has 0 bridgehead atoms. The average molecular weight is 449 g/mol. The predicted octanol–water partition coefficient (Wildman–Crippen LogP) is 7.99. The molecule has 0 aromatic carbocycles. The molecule has 10 atom stereocenters. The van der Waals surface area contributed by atoms with Crippen LogP contribution in [0.15, 0.2) is 0 Å². The van der Waals surface area contributed by atoms with Crippen molar-refractivity contribution in [3.05, 3.63) is 0 Å². The van der Waals surface area contributed by atoms with E-state index in [1.165, 1.54) is 38.5 Å². The van der Waals surface area contributed by atoms with Gasteiger partial charge in [-0.05, 0) is 131 Å². The highest BCUT2D eigenvalue weighted by atomic mass is 19.1. The lowest BCUT2D eigenvalue weighted by atomic mass is 9.43. The van der Waals surface area contributed by atoms with Crippen molar-refractivity contribution in [3.8, 4) is 0 Å². The molecule has 0 N–H and O–H groups in total. The molecule has 0 aromatic heterocycles. The summed E-state index contributed by atoms with van der Waals surface area (Å²) in [6.45, 7) is 15.4. The molecule has 0 heterocycles. The number of fused-ring (bicyclic) bond motifs is 5. The number of hydrogen-bond acceptors (Lipinski definition) is 2. The van der Waals surface area contributed by atoms with Crippen molar-refractivity contribution >= 4 is 5.97 Å². The number of carbonyl (C=O) groups is 1. The van der Waals surface area contributed by atoms with Crippen LogP contribution in [0.1, 0.15) is 113 Å². The van der Waals surface area contributed by atoms with Crippen molar-refractivity contribution in [3.63, 3.8) is 0 Å². The minimum Gasteiger partial charge on any atom is -0.460 e. The zero-order valence-corrected chi connectivity index (χ0v) is 21.9. The smallest absolute Gasteiger partial charge is 0.306 e. The Labute approximate surface area is 196 Å². The van der Waals surface area contributed by atoms with Gasteiger partial charge < -0.3 is 4.74 Å². The summed E-state index contributed by atoms with van der Waals surface area (Å²) < 4.78 is 20.8. The molecular weight excluding hydrogens is 399 g/mol. The molecule has 0 aliphatic heterocycles. The lowest BCUT2D eigenvalue weighted by molar-refractivity contribution is -0.155. The molecule has 4 aliphatic carbocycles. The zero-order chi connectivity index (χ0) is 23.5. The van der Waals surface area contributed by atoms with Gasteiger partial charge in [-0.25, -0.2) is 4.39 Å². The van der Waals surface area contributed by atoms with Gasteiger partial charge in [-0.2, -0.15) is 0 Å². The number of alkyl halides is 1. The van der Waals surface area contributed by atoms with Gasteiger partial charge in [0, 0.05) is 6.42 Å². The maximum absolute atomic E-state index is 15.2. The number of hydrogen-bond donors (Lipinski definition) is 0. The highest BCUT2D eigenvalue weighted by Gasteiger charge is 2.61. The molecule has 184 valence electrons. The third-order valence-electron chi connectivity index (χ3n) is 11.0.